The smallest absolute Gasteiger partial charge is 0.336 e. The van der Waals surface area contributed by atoms with E-state index >= 15 is 0 Å². The van der Waals surface area contributed by atoms with Gasteiger partial charge in [-0.15, -0.1) is 0 Å². The van der Waals surface area contributed by atoms with Gasteiger partial charge in [0.2, 0.25) is 6.33 Å². The number of phenolic OH excluding ortho intramolecular Hbond substituents is 1. The van der Waals surface area contributed by atoms with E-state index < -0.39 is 5.63 Å². The van der Waals surface area contributed by atoms with E-state index in [0.29, 0.717) is 12.1 Å². The number of aromatic hydroxyl groups is 1. The molecule has 0 spiro atoms. The molecule has 23 heavy (non-hydrogen) atoms. The van der Waals surface area contributed by atoms with Gasteiger partial charge < -0.3 is 21.9 Å². The molecule has 0 saturated heterocycles. The van der Waals surface area contributed by atoms with Crippen molar-refractivity contribution in [2.75, 3.05) is 0 Å². The van der Waals surface area contributed by atoms with Crippen molar-refractivity contribution < 1.29 is 26.5 Å². The zero-order valence-electron chi connectivity index (χ0n) is 12.9. The summed E-state index contributed by atoms with van der Waals surface area (Å²) in [6.07, 6.45) is 8.38. The number of halogens is 1. The van der Waals surface area contributed by atoms with E-state index in [-0.39, 0.29) is 18.2 Å². The lowest BCUT2D eigenvalue weighted by Crippen LogP contribution is -3.00. The molecule has 0 aliphatic rings. The zero-order chi connectivity index (χ0) is 15.5. The van der Waals surface area contributed by atoms with Crippen molar-refractivity contribution in [3.63, 3.8) is 0 Å². The van der Waals surface area contributed by atoms with E-state index in [0.717, 1.165) is 30.3 Å². The third kappa shape index (κ3) is 3.93. The summed E-state index contributed by atoms with van der Waals surface area (Å²) < 4.78 is 9.33. The van der Waals surface area contributed by atoms with Gasteiger partial charge in [-0.05, 0) is 18.6 Å². The molecule has 6 heteroatoms. The third-order valence-corrected chi connectivity index (χ3v) is 3.68. The Morgan fingerprint density at radius 1 is 1.30 bits per heavy atom. The van der Waals surface area contributed by atoms with Crippen LogP contribution < -0.4 is 22.6 Å². The summed E-state index contributed by atoms with van der Waals surface area (Å²) in [5, 5.41) is 10.4. The second-order valence-corrected chi connectivity index (χ2v) is 5.45. The number of aromatic nitrogens is 2. The lowest BCUT2D eigenvalue weighted by molar-refractivity contribution is -0.687. The fourth-order valence-corrected chi connectivity index (χ4v) is 2.55. The predicted molar refractivity (Wildman–Crippen MR) is 82.8 cm³/mol. The molecule has 0 aliphatic heterocycles. The van der Waals surface area contributed by atoms with E-state index in [2.05, 4.69) is 11.5 Å². The van der Waals surface area contributed by atoms with Crippen LogP contribution in [0, 0.1) is 0 Å². The Morgan fingerprint density at radius 3 is 2.91 bits per heavy atom. The topological polar surface area (TPSA) is 59.2 Å². The lowest BCUT2D eigenvalue weighted by Gasteiger charge is -2.03. The maximum Gasteiger partial charge on any atom is 0.336 e. The van der Waals surface area contributed by atoms with Crippen LogP contribution in [-0.2, 0) is 13.1 Å². The van der Waals surface area contributed by atoms with Gasteiger partial charge in [0, 0.05) is 23.1 Å². The number of hydrogen-bond acceptors (Lipinski definition) is 3. The van der Waals surface area contributed by atoms with E-state index in [1.54, 1.807) is 12.1 Å². The average molecular weight is 335 g/mol. The molecule has 1 aromatic carbocycles. The fourth-order valence-electron chi connectivity index (χ4n) is 2.55. The second-order valence-electron chi connectivity index (χ2n) is 5.45. The highest BCUT2D eigenvalue weighted by atomic mass is 35.5. The van der Waals surface area contributed by atoms with Crippen LogP contribution in [0.25, 0.3) is 11.0 Å². The molecule has 0 saturated carbocycles. The minimum absolute atomic E-state index is 0. The van der Waals surface area contributed by atoms with Gasteiger partial charge in [-0.2, -0.15) is 0 Å². The molecule has 0 radical (unpaired) electrons. The second kappa shape index (κ2) is 7.33. The van der Waals surface area contributed by atoms with Crippen molar-refractivity contribution >= 4 is 11.0 Å². The Kier molecular flexibility index (Phi) is 5.45. The number of fused-ring (bicyclic) bond motifs is 1. The van der Waals surface area contributed by atoms with E-state index in [1.807, 2.05) is 23.3 Å². The first-order chi connectivity index (χ1) is 10.7. The number of unbranched alkanes of at least 4 members (excludes halogenated alkanes) is 1. The van der Waals surface area contributed by atoms with Gasteiger partial charge in [0.25, 0.3) is 0 Å². The van der Waals surface area contributed by atoms with Gasteiger partial charge in [0.15, 0.2) is 0 Å². The number of aryl methyl sites for hydroxylation is 1. The fraction of sp³-hybridized carbons (Fsp3) is 0.294. The number of hydrogen-bond donors (Lipinski definition) is 1. The molecule has 1 N–H and O–H groups in total. The molecule has 0 fully saturated rings. The molecule has 5 nitrogen and oxygen atoms in total. The van der Waals surface area contributed by atoms with E-state index in [4.69, 9.17) is 4.42 Å². The first kappa shape index (κ1) is 17.1. The largest absolute Gasteiger partial charge is 1.00 e. The van der Waals surface area contributed by atoms with Gasteiger partial charge in [-0.25, -0.2) is 13.9 Å². The van der Waals surface area contributed by atoms with Crippen LogP contribution in [0.5, 0.6) is 5.75 Å². The lowest BCUT2D eigenvalue weighted by atomic mass is 10.1. The van der Waals surface area contributed by atoms with Gasteiger partial charge in [-0.3, -0.25) is 0 Å². The Morgan fingerprint density at radius 2 is 2.13 bits per heavy atom. The number of benzene rings is 1. The van der Waals surface area contributed by atoms with Crippen LogP contribution in [0.3, 0.4) is 0 Å². The van der Waals surface area contributed by atoms with E-state index in [1.165, 1.54) is 12.1 Å². The highest BCUT2D eigenvalue weighted by Gasteiger charge is 2.10. The van der Waals surface area contributed by atoms with Crippen molar-refractivity contribution in [3.05, 3.63) is 59.0 Å². The summed E-state index contributed by atoms with van der Waals surface area (Å²) in [7, 11) is 0. The molecule has 0 aliphatic carbocycles. The minimum Gasteiger partial charge on any atom is -1.00 e. The SMILES string of the molecule is CCCCn1cc[n+](Cc2cc(=O)oc3cc(O)ccc23)c1.[Cl-]. The first-order valence-electron chi connectivity index (χ1n) is 7.46. The molecular weight excluding hydrogens is 316 g/mol. The Balaban J connectivity index is 0.00000192. The summed E-state index contributed by atoms with van der Waals surface area (Å²) in [5.41, 5.74) is 0.886. The summed E-state index contributed by atoms with van der Waals surface area (Å²) in [4.78, 5) is 11.7. The molecular formula is C17H19ClN2O3. The summed E-state index contributed by atoms with van der Waals surface area (Å²) in [6.45, 7) is 3.75. The summed E-state index contributed by atoms with van der Waals surface area (Å²) >= 11 is 0. The van der Waals surface area contributed by atoms with Gasteiger partial charge >= 0.3 is 5.63 Å². The molecule has 2 aromatic heterocycles. The Bertz CT molecular complexity index is 854. The number of rotatable bonds is 5. The standard InChI is InChI=1S/C17H18N2O3.ClH/c1-2-3-6-18-7-8-19(12-18)11-13-9-17(21)22-16-10-14(20)4-5-15(13)16;/h4-5,7-10,12H,2-3,6,11H2,1H3;1H. The minimum atomic E-state index is -0.404. The van der Waals surface area contributed by atoms with Gasteiger partial charge in [0.1, 0.15) is 30.3 Å². The van der Waals surface area contributed by atoms with Gasteiger partial charge in [0.05, 0.1) is 6.54 Å². The first-order valence-corrected chi connectivity index (χ1v) is 7.46. The maximum atomic E-state index is 11.7. The predicted octanol–water partition coefficient (Wildman–Crippen LogP) is -0.560. The van der Waals surface area contributed by atoms with Crippen LogP contribution >= 0.6 is 0 Å². The van der Waals surface area contributed by atoms with Crippen LogP contribution in [0.4, 0.5) is 0 Å². The Labute approximate surface area is 140 Å². The van der Waals surface area contributed by atoms with Crippen molar-refractivity contribution in [1.29, 1.82) is 0 Å². The van der Waals surface area contributed by atoms with Crippen molar-refractivity contribution in [2.24, 2.45) is 0 Å². The highest BCUT2D eigenvalue weighted by molar-refractivity contribution is 5.81. The van der Waals surface area contributed by atoms with Crippen molar-refractivity contribution in [1.82, 2.24) is 4.57 Å². The van der Waals surface area contributed by atoms with Crippen LogP contribution in [0.15, 0.2) is 52.2 Å². The van der Waals surface area contributed by atoms with Crippen LogP contribution in [-0.4, -0.2) is 9.67 Å². The number of imidazole rings is 1. The molecule has 2 heterocycles. The zero-order valence-corrected chi connectivity index (χ0v) is 13.7. The molecule has 122 valence electrons. The molecule has 3 aromatic rings. The third-order valence-electron chi connectivity index (χ3n) is 3.68. The van der Waals surface area contributed by atoms with Crippen molar-refractivity contribution in [2.45, 2.75) is 32.9 Å². The normalized spacial score (nSPS) is 10.7. The van der Waals surface area contributed by atoms with Crippen LogP contribution in [0.1, 0.15) is 25.3 Å². The monoisotopic (exact) mass is 334 g/mol. The molecule has 0 bridgehead atoms. The average Bonchev–Trinajstić information content (AvgIpc) is 2.92. The molecule has 0 amide bonds. The Hall–Kier alpha value is -2.27. The van der Waals surface area contributed by atoms with Gasteiger partial charge in [-0.1, -0.05) is 13.3 Å². The summed E-state index contributed by atoms with van der Waals surface area (Å²) in [5.74, 6) is 0.0890. The molecule has 3 rings (SSSR count). The van der Waals surface area contributed by atoms with Crippen LogP contribution in [0.2, 0.25) is 0 Å². The summed E-state index contributed by atoms with van der Waals surface area (Å²) in [6, 6.07) is 6.35. The number of phenols is 1. The molecule has 0 unspecified atom stereocenters. The maximum absolute atomic E-state index is 11.7. The van der Waals surface area contributed by atoms with Crippen molar-refractivity contribution in [3.8, 4) is 5.75 Å². The number of nitrogens with zero attached hydrogens (tertiary/aromatic N) is 2. The van der Waals surface area contributed by atoms with E-state index in [9.17, 15) is 9.90 Å². The highest BCUT2D eigenvalue weighted by Crippen LogP contribution is 2.21. The quantitative estimate of drug-likeness (QED) is 0.503. The molecule has 0 atom stereocenters.